The van der Waals surface area contributed by atoms with Crippen LogP contribution in [0, 0.1) is 26.1 Å². The van der Waals surface area contributed by atoms with E-state index in [4.69, 9.17) is 4.74 Å². The lowest BCUT2D eigenvalue weighted by atomic mass is 9.72. The fourth-order valence-electron chi connectivity index (χ4n) is 4.45. The van der Waals surface area contributed by atoms with Gasteiger partial charge in [0, 0.05) is 24.1 Å². The zero-order chi connectivity index (χ0) is 23.0. The number of nitrogens with zero attached hydrogens (tertiary/aromatic N) is 2. The van der Waals surface area contributed by atoms with E-state index in [1.54, 1.807) is 36.4 Å². The third-order valence-corrected chi connectivity index (χ3v) is 5.98. The number of fused-ring (bicyclic) bond motifs is 1. The van der Waals surface area contributed by atoms with Gasteiger partial charge in [-0.15, -0.1) is 0 Å². The van der Waals surface area contributed by atoms with Crippen molar-refractivity contribution in [2.75, 3.05) is 12.4 Å². The zero-order valence-corrected chi connectivity index (χ0v) is 17.4. The molecule has 9 nitrogen and oxygen atoms in total. The second-order valence-electron chi connectivity index (χ2n) is 7.74. The Morgan fingerprint density at radius 2 is 1.66 bits per heavy atom. The second-order valence-corrected chi connectivity index (χ2v) is 7.74. The van der Waals surface area contributed by atoms with Crippen LogP contribution in [0.4, 0.5) is 17.1 Å². The molecule has 1 aliphatic heterocycles. The first-order chi connectivity index (χ1) is 15.3. The van der Waals surface area contributed by atoms with Crippen molar-refractivity contribution in [3.05, 3.63) is 97.6 Å². The number of hydrogen-bond donors (Lipinski definition) is 2. The Labute approximate surface area is 183 Å². The topological polar surface area (TPSA) is 128 Å². The number of non-ortho nitro benzene ring substituents is 1. The first-order valence-corrected chi connectivity index (χ1v) is 9.97. The average Bonchev–Trinajstić information content (AvgIpc) is 2.79. The number of aromatic hydroxyl groups is 1. The standard InChI is InChI=1S/C23H21N3O6/c1-13-21(15-8-11-19(27)20(12-15)32-2)17-4-3-5-18(26(30)31)23(17)24-22(13)14-6-9-16(10-7-14)25(28)29/h3-13,21-22,24,27H,1-2H3/t13-,21+,22-/m0/s1. The molecular weight excluding hydrogens is 414 g/mol. The summed E-state index contributed by atoms with van der Waals surface area (Å²) in [6, 6.07) is 15.9. The maximum Gasteiger partial charge on any atom is 0.292 e. The number of nitrogens with one attached hydrogen (secondary N) is 1. The van der Waals surface area contributed by atoms with Crippen LogP contribution in [0.25, 0.3) is 0 Å². The van der Waals surface area contributed by atoms with Gasteiger partial charge >= 0.3 is 0 Å². The number of hydrogen-bond acceptors (Lipinski definition) is 7. The van der Waals surface area contributed by atoms with Crippen molar-refractivity contribution in [2.45, 2.75) is 18.9 Å². The summed E-state index contributed by atoms with van der Waals surface area (Å²) in [7, 11) is 1.46. The van der Waals surface area contributed by atoms with Gasteiger partial charge in [0.1, 0.15) is 5.69 Å². The number of anilines is 1. The molecule has 0 aromatic heterocycles. The molecule has 0 aliphatic carbocycles. The summed E-state index contributed by atoms with van der Waals surface area (Å²) in [5, 5.41) is 36.1. The van der Waals surface area contributed by atoms with E-state index in [1.165, 1.54) is 25.3 Å². The number of ether oxygens (including phenoxy) is 1. The minimum atomic E-state index is -0.465. The highest BCUT2D eigenvalue weighted by atomic mass is 16.6. The van der Waals surface area contributed by atoms with Crippen LogP contribution in [0.2, 0.25) is 0 Å². The van der Waals surface area contributed by atoms with E-state index in [1.807, 2.05) is 13.0 Å². The van der Waals surface area contributed by atoms with E-state index in [-0.39, 0.29) is 35.0 Å². The van der Waals surface area contributed by atoms with Gasteiger partial charge in [-0.3, -0.25) is 20.2 Å². The number of phenolic OH excluding ortho intramolecular Hbond substituents is 1. The molecule has 32 heavy (non-hydrogen) atoms. The molecule has 1 aliphatic rings. The molecule has 9 heteroatoms. The van der Waals surface area contributed by atoms with Gasteiger partial charge < -0.3 is 15.2 Å². The highest BCUT2D eigenvalue weighted by Gasteiger charge is 2.39. The van der Waals surface area contributed by atoms with Crippen molar-refractivity contribution in [2.24, 2.45) is 5.92 Å². The lowest BCUT2D eigenvalue weighted by molar-refractivity contribution is -0.384. The summed E-state index contributed by atoms with van der Waals surface area (Å²) >= 11 is 0. The van der Waals surface area contributed by atoms with Crippen LogP contribution < -0.4 is 10.1 Å². The third kappa shape index (κ3) is 3.58. The summed E-state index contributed by atoms with van der Waals surface area (Å²) in [4.78, 5) is 21.9. The Morgan fingerprint density at radius 3 is 2.28 bits per heavy atom. The smallest absolute Gasteiger partial charge is 0.292 e. The maximum absolute atomic E-state index is 11.7. The van der Waals surface area contributed by atoms with Crippen LogP contribution in [-0.2, 0) is 0 Å². The molecule has 0 bridgehead atoms. The normalized spacial score (nSPS) is 19.5. The van der Waals surface area contributed by atoms with Crippen molar-refractivity contribution in [1.29, 1.82) is 0 Å². The molecule has 4 rings (SSSR count). The SMILES string of the molecule is COc1cc([C@@H]2c3cccc([N+](=O)[O-])c3N[C@H](c3ccc([N+](=O)[O-])cc3)[C@H]2C)ccc1O. The number of phenols is 1. The van der Waals surface area contributed by atoms with E-state index in [0.717, 1.165) is 16.7 Å². The first-order valence-electron chi connectivity index (χ1n) is 9.97. The van der Waals surface area contributed by atoms with Gasteiger partial charge in [0.2, 0.25) is 0 Å². The Morgan fingerprint density at radius 1 is 0.969 bits per heavy atom. The number of para-hydroxylation sites is 1. The molecule has 3 atom stereocenters. The summed E-state index contributed by atoms with van der Waals surface area (Å²) in [5.74, 6) is -0.0165. The highest BCUT2D eigenvalue weighted by molar-refractivity contribution is 5.71. The van der Waals surface area contributed by atoms with Gasteiger partial charge in [-0.25, -0.2) is 0 Å². The summed E-state index contributed by atoms with van der Waals surface area (Å²) in [5.41, 5.74) is 2.72. The molecule has 0 saturated carbocycles. The van der Waals surface area contributed by atoms with Gasteiger partial charge in [0.05, 0.1) is 23.0 Å². The van der Waals surface area contributed by atoms with Gasteiger partial charge in [-0.1, -0.05) is 37.3 Å². The van der Waals surface area contributed by atoms with Crippen LogP contribution in [0.15, 0.2) is 60.7 Å². The number of nitro benzene ring substituents is 2. The number of rotatable bonds is 5. The van der Waals surface area contributed by atoms with Crippen molar-refractivity contribution in [3.63, 3.8) is 0 Å². The monoisotopic (exact) mass is 435 g/mol. The minimum absolute atomic E-state index is 0.00372. The van der Waals surface area contributed by atoms with E-state index >= 15 is 0 Å². The van der Waals surface area contributed by atoms with Crippen molar-refractivity contribution in [1.82, 2.24) is 0 Å². The summed E-state index contributed by atoms with van der Waals surface area (Å²) in [6.45, 7) is 2.02. The molecule has 2 N–H and O–H groups in total. The van der Waals surface area contributed by atoms with Crippen LogP contribution in [0.5, 0.6) is 11.5 Å². The fourth-order valence-corrected chi connectivity index (χ4v) is 4.45. The van der Waals surface area contributed by atoms with Gasteiger partial charge in [-0.05, 0) is 34.7 Å². The fraction of sp³-hybridized carbons (Fsp3) is 0.217. The molecule has 0 fully saturated rings. The molecule has 0 unspecified atom stereocenters. The van der Waals surface area contributed by atoms with Crippen LogP contribution >= 0.6 is 0 Å². The van der Waals surface area contributed by atoms with Gasteiger partial charge in [0.15, 0.2) is 11.5 Å². The average molecular weight is 435 g/mol. The number of benzene rings is 3. The minimum Gasteiger partial charge on any atom is -0.504 e. The molecule has 0 radical (unpaired) electrons. The molecule has 1 heterocycles. The second kappa shape index (κ2) is 8.18. The number of nitro groups is 2. The lowest BCUT2D eigenvalue weighted by Crippen LogP contribution is -2.31. The van der Waals surface area contributed by atoms with E-state index < -0.39 is 9.85 Å². The molecule has 164 valence electrons. The largest absolute Gasteiger partial charge is 0.504 e. The molecule has 3 aromatic rings. The third-order valence-electron chi connectivity index (χ3n) is 5.98. The van der Waals surface area contributed by atoms with E-state index in [0.29, 0.717) is 11.4 Å². The summed E-state index contributed by atoms with van der Waals surface area (Å²) < 4.78 is 5.27. The van der Waals surface area contributed by atoms with E-state index in [2.05, 4.69) is 5.32 Å². The van der Waals surface area contributed by atoms with Crippen LogP contribution in [-0.4, -0.2) is 22.1 Å². The lowest BCUT2D eigenvalue weighted by Gasteiger charge is -2.39. The predicted octanol–water partition coefficient (Wildman–Crippen LogP) is 5.15. The van der Waals surface area contributed by atoms with Crippen molar-refractivity contribution >= 4 is 17.1 Å². The molecule has 0 amide bonds. The molecule has 0 saturated heterocycles. The maximum atomic E-state index is 11.7. The quantitative estimate of drug-likeness (QED) is 0.419. The molecule has 0 spiro atoms. The Hall–Kier alpha value is -4.14. The van der Waals surface area contributed by atoms with Gasteiger partial charge in [0.25, 0.3) is 11.4 Å². The van der Waals surface area contributed by atoms with Crippen molar-refractivity contribution < 1.29 is 19.7 Å². The molecular formula is C23H21N3O6. The highest BCUT2D eigenvalue weighted by Crippen LogP contribution is 2.51. The van der Waals surface area contributed by atoms with Crippen molar-refractivity contribution in [3.8, 4) is 11.5 Å². The molecule has 3 aromatic carbocycles. The predicted molar refractivity (Wildman–Crippen MR) is 118 cm³/mol. The Balaban J connectivity index is 1.88. The summed E-state index contributed by atoms with van der Waals surface area (Å²) in [6.07, 6.45) is 0. The number of methoxy groups -OCH3 is 1. The van der Waals surface area contributed by atoms with E-state index in [9.17, 15) is 25.3 Å². The zero-order valence-electron chi connectivity index (χ0n) is 17.4. The van der Waals surface area contributed by atoms with Crippen LogP contribution in [0.1, 0.15) is 35.6 Å². The van der Waals surface area contributed by atoms with Gasteiger partial charge in [-0.2, -0.15) is 0 Å². The Kier molecular flexibility index (Phi) is 5.40. The van der Waals surface area contributed by atoms with Crippen LogP contribution in [0.3, 0.4) is 0 Å². The first kappa shape index (κ1) is 21.1. The Bertz CT molecular complexity index is 1190.